The van der Waals surface area contributed by atoms with Gasteiger partial charge in [0.2, 0.25) is 0 Å². The minimum atomic E-state index is 0.812. The van der Waals surface area contributed by atoms with E-state index in [1.165, 1.54) is 56.9 Å². The van der Waals surface area contributed by atoms with E-state index >= 15 is 0 Å². The van der Waals surface area contributed by atoms with Crippen LogP contribution < -0.4 is 0 Å². The number of allylic oxidation sites excluding steroid dienone is 4. The van der Waals surface area contributed by atoms with Gasteiger partial charge in [0.05, 0.1) is 0 Å². The SMILES string of the molecule is CC(C)C(CCCC1=CCCC=C1)CCCc1ccccc1. The Hall–Kier alpha value is -1.30. The van der Waals surface area contributed by atoms with E-state index in [1.54, 1.807) is 5.57 Å². The molecule has 1 atom stereocenters. The highest BCUT2D eigenvalue weighted by Gasteiger charge is 2.13. The minimum absolute atomic E-state index is 0.812. The molecule has 1 aromatic rings. The Morgan fingerprint density at radius 3 is 2.27 bits per heavy atom. The quantitative estimate of drug-likeness (QED) is 0.474. The average molecular weight is 296 g/mol. The molecule has 0 saturated carbocycles. The Morgan fingerprint density at radius 2 is 1.64 bits per heavy atom. The van der Waals surface area contributed by atoms with Gasteiger partial charge in [0, 0.05) is 0 Å². The van der Waals surface area contributed by atoms with Gasteiger partial charge >= 0.3 is 0 Å². The van der Waals surface area contributed by atoms with Crippen LogP contribution in [0.2, 0.25) is 0 Å². The molecule has 0 saturated heterocycles. The summed E-state index contributed by atoms with van der Waals surface area (Å²) >= 11 is 0. The number of hydrogen-bond acceptors (Lipinski definition) is 0. The summed E-state index contributed by atoms with van der Waals surface area (Å²) in [6.45, 7) is 4.79. The number of benzene rings is 1. The van der Waals surface area contributed by atoms with E-state index in [9.17, 15) is 0 Å². The van der Waals surface area contributed by atoms with Crippen molar-refractivity contribution in [2.24, 2.45) is 11.8 Å². The molecule has 1 unspecified atom stereocenters. The van der Waals surface area contributed by atoms with Crippen molar-refractivity contribution >= 4 is 0 Å². The van der Waals surface area contributed by atoms with Crippen LogP contribution in [0.3, 0.4) is 0 Å². The van der Waals surface area contributed by atoms with Gasteiger partial charge in [-0.25, -0.2) is 0 Å². The summed E-state index contributed by atoms with van der Waals surface area (Å²) in [5.41, 5.74) is 3.06. The van der Waals surface area contributed by atoms with Gasteiger partial charge in [0.25, 0.3) is 0 Å². The zero-order valence-electron chi connectivity index (χ0n) is 14.4. The predicted octanol–water partition coefficient (Wildman–Crippen LogP) is 6.73. The fraction of sp³-hybridized carbons (Fsp3) is 0.545. The highest BCUT2D eigenvalue weighted by molar-refractivity contribution is 5.21. The summed E-state index contributed by atoms with van der Waals surface area (Å²) in [5, 5.41) is 0. The second kappa shape index (κ2) is 9.66. The van der Waals surface area contributed by atoms with Crippen molar-refractivity contribution in [2.75, 3.05) is 0 Å². The van der Waals surface area contributed by atoms with Gasteiger partial charge in [-0.05, 0) is 68.8 Å². The molecular formula is C22H32. The molecule has 0 N–H and O–H groups in total. The van der Waals surface area contributed by atoms with E-state index in [0.29, 0.717) is 0 Å². The Morgan fingerprint density at radius 1 is 0.909 bits per heavy atom. The second-order valence-electron chi connectivity index (χ2n) is 7.03. The third kappa shape index (κ3) is 6.22. The molecule has 1 aliphatic rings. The van der Waals surface area contributed by atoms with Gasteiger partial charge in [-0.15, -0.1) is 0 Å². The summed E-state index contributed by atoms with van der Waals surface area (Å²) in [4.78, 5) is 0. The maximum atomic E-state index is 2.43. The molecule has 0 bridgehead atoms. The predicted molar refractivity (Wildman–Crippen MR) is 98.0 cm³/mol. The van der Waals surface area contributed by atoms with Crippen LogP contribution in [0.5, 0.6) is 0 Å². The molecule has 22 heavy (non-hydrogen) atoms. The first-order valence-electron chi connectivity index (χ1n) is 9.15. The third-order valence-electron chi connectivity index (χ3n) is 4.94. The molecule has 0 spiro atoms. The molecule has 0 radical (unpaired) electrons. The fourth-order valence-electron chi connectivity index (χ4n) is 3.45. The normalized spacial score (nSPS) is 15.9. The molecular weight excluding hydrogens is 264 g/mol. The lowest BCUT2D eigenvalue weighted by Gasteiger charge is -2.21. The maximum Gasteiger partial charge on any atom is -0.0279 e. The Balaban J connectivity index is 1.68. The fourth-order valence-corrected chi connectivity index (χ4v) is 3.45. The standard InChI is InChI=1S/C22H32/c1-19(2)22(17-9-15-20-11-5-3-6-12-20)18-10-16-21-13-7-4-8-14-21/h3,5-7,11-14,19,22H,4,8-10,15-18H2,1-2H3. The van der Waals surface area contributed by atoms with Crippen LogP contribution in [0.4, 0.5) is 0 Å². The van der Waals surface area contributed by atoms with E-state index in [4.69, 9.17) is 0 Å². The lowest BCUT2D eigenvalue weighted by atomic mass is 9.85. The van der Waals surface area contributed by atoms with Crippen molar-refractivity contribution in [1.82, 2.24) is 0 Å². The molecule has 0 fully saturated rings. The van der Waals surface area contributed by atoms with E-state index in [2.05, 4.69) is 62.4 Å². The monoisotopic (exact) mass is 296 g/mol. The Bertz CT molecular complexity index is 464. The topological polar surface area (TPSA) is 0 Å². The maximum absolute atomic E-state index is 2.43. The Labute approximate surface area is 137 Å². The second-order valence-corrected chi connectivity index (χ2v) is 7.03. The number of rotatable bonds is 9. The van der Waals surface area contributed by atoms with Crippen molar-refractivity contribution in [1.29, 1.82) is 0 Å². The highest BCUT2D eigenvalue weighted by atomic mass is 14.2. The van der Waals surface area contributed by atoms with Crippen LogP contribution in [0.1, 0.15) is 64.4 Å². The summed E-state index contributed by atoms with van der Waals surface area (Å²) in [7, 11) is 0. The molecule has 0 amide bonds. The first-order valence-corrected chi connectivity index (χ1v) is 9.15. The Kier molecular flexibility index (Phi) is 7.49. The van der Waals surface area contributed by atoms with Crippen molar-refractivity contribution in [3.63, 3.8) is 0 Å². The average Bonchev–Trinajstić information content (AvgIpc) is 2.55. The van der Waals surface area contributed by atoms with Crippen LogP contribution in [0.15, 0.2) is 54.1 Å². The zero-order valence-corrected chi connectivity index (χ0v) is 14.4. The first-order chi connectivity index (χ1) is 10.8. The minimum Gasteiger partial charge on any atom is -0.0840 e. The lowest BCUT2D eigenvalue weighted by molar-refractivity contribution is 0.322. The number of hydrogen-bond donors (Lipinski definition) is 0. The van der Waals surface area contributed by atoms with Crippen molar-refractivity contribution in [3.8, 4) is 0 Å². The molecule has 0 nitrogen and oxygen atoms in total. The van der Waals surface area contributed by atoms with Crippen LogP contribution in [-0.2, 0) is 6.42 Å². The van der Waals surface area contributed by atoms with Crippen LogP contribution in [0.25, 0.3) is 0 Å². The molecule has 120 valence electrons. The third-order valence-corrected chi connectivity index (χ3v) is 4.94. The van der Waals surface area contributed by atoms with Gasteiger partial charge in [0.1, 0.15) is 0 Å². The molecule has 2 rings (SSSR count). The van der Waals surface area contributed by atoms with Gasteiger partial charge in [-0.2, -0.15) is 0 Å². The zero-order chi connectivity index (χ0) is 15.6. The molecule has 1 aliphatic carbocycles. The van der Waals surface area contributed by atoms with Crippen molar-refractivity contribution < 1.29 is 0 Å². The van der Waals surface area contributed by atoms with E-state index < -0.39 is 0 Å². The van der Waals surface area contributed by atoms with E-state index in [-0.39, 0.29) is 0 Å². The summed E-state index contributed by atoms with van der Waals surface area (Å²) in [6, 6.07) is 10.9. The van der Waals surface area contributed by atoms with Gasteiger partial charge in [0.15, 0.2) is 0 Å². The highest BCUT2D eigenvalue weighted by Crippen LogP contribution is 2.26. The van der Waals surface area contributed by atoms with E-state index in [0.717, 1.165) is 11.8 Å². The van der Waals surface area contributed by atoms with Crippen LogP contribution >= 0.6 is 0 Å². The first kappa shape index (κ1) is 17.1. The molecule has 0 aromatic heterocycles. The smallest absolute Gasteiger partial charge is 0.0279 e. The molecule has 0 heterocycles. The van der Waals surface area contributed by atoms with E-state index in [1.807, 2.05) is 0 Å². The summed E-state index contributed by atoms with van der Waals surface area (Å²) < 4.78 is 0. The van der Waals surface area contributed by atoms with Gasteiger partial charge in [-0.1, -0.05) is 68.0 Å². The van der Waals surface area contributed by atoms with Crippen LogP contribution in [0, 0.1) is 11.8 Å². The largest absolute Gasteiger partial charge is 0.0840 e. The summed E-state index contributed by atoms with van der Waals surface area (Å²) in [6.07, 6.45) is 17.5. The number of aryl methyl sites for hydroxylation is 1. The van der Waals surface area contributed by atoms with Crippen molar-refractivity contribution in [2.45, 2.75) is 65.2 Å². The molecule has 0 heteroatoms. The van der Waals surface area contributed by atoms with Gasteiger partial charge < -0.3 is 0 Å². The summed E-state index contributed by atoms with van der Waals surface area (Å²) in [5.74, 6) is 1.70. The lowest BCUT2D eigenvalue weighted by Crippen LogP contribution is -2.09. The molecule has 0 aliphatic heterocycles. The molecule has 1 aromatic carbocycles. The van der Waals surface area contributed by atoms with Gasteiger partial charge in [-0.3, -0.25) is 0 Å². The van der Waals surface area contributed by atoms with Crippen molar-refractivity contribution in [3.05, 3.63) is 59.7 Å². The van der Waals surface area contributed by atoms with Crippen LogP contribution in [-0.4, -0.2) is 0 Å².